The number of halogens is 1. The number of nitrogens with zero attached hydrogens (tertiary/aromatic N) is 1. The minimum Gasteiger partial charge on any atom is -0.378 e. The number of hydrogen-bond acceptors (Lipinski definition) is 3. The van der Waals surface area contributed by atoms with Crippen LogP contribution in [0.2, 0.25) is 0 Å². The minimum absolute atomic E-state index is 0.188. The van der Waals surface area contributed by atoms with E-state index >= 15 is 0 Å². The molecule has 15 heavy (non-hydrogen) atoms. The van der Waals surface area contributed by atoms with Gasteiger partial charge in [0.05, 0.1) is 12.3 Å². The van der Waals surface area contributed by atoms with Gasteiger partial charge in [-0.25, -0.2) is 4.39 Å². The van der Waals surface area contributed by atoms with Crippen LogP contribution in [0.15, 0.2) is 18.5 Å². The summed E-state index contributed by atoms with van der Waals surface area (Å²) in [4.78, 5) is 3.70. The fraction of sp³-hybridized carbons (Fsp3) is 0.545. The molecule has 0 amide bonds. The molecule has 3 nitrogen and oxygen atoms in total. The second-order valence-electron chi connectivity index (χ2n) is 3.87. The van der Waals surface area contributed by atoms with Gasteiger partial charge >= 0.3 is 0 Å². The Balaban J connectivity index is 2.00. The maximum Gasteiger partial charge on any atom is 0.146 e. The smallest absolute Gasteiger partial charge is 0.146 e. The predicted octanol–water partition coefficient (Wildman–Crippen LogP) is 1.79. The molecule has 2 N–H and O–H groups in total. The van der Waals surface area contributed by atoms with Crippen molar-refractivity contribution in [1.82, 2.24) is 4.98 Å². The van der Waals surface area contributed by atoms with Crippen molar-refractivity contribution < 1.29 is 9.13 Å². The molecular weight excluding hydrogens is 195 g/mol. The number of pyridine rings is 1. The molecule has 1 aliphatic heterocycles. The third-order valence-corrected chi connectivity index (χ3v) is 2.74. The van der Waals surface area contributed by atoms with E-state index in [1.54, 1.807) is 12.3 Å². The van der Waals surface area contributed by atoms with Crippen LogP contribution in [0.4, 0.5) is 4.39 Å². The molecule has 4 heteroatoms. The first kappa shape index (κ1) is 10.5. The quantitative estimate of drug-likeness (QED) is 0.827. The van der Waals surface area contributed by atoms with Crippen LogP contribution in [0.3, 0.4) is 0 Å². The highest BCUT2D eigenvalue weighted by Gasteiger charge is 2.21. The number of rotatable bonds is 3. The Morgan fingerprint density at radius 2 is 2.53 bits per heavy atom. The lowest BCUT2D eigenvalue weighted by molar-refractivity contribution is 0.0980. The molecule has 1 aromatic heterocycles. The van der Waals surface area contributed by atoms with E-state index in [2.05, 4.69) is 4.98 Å². The van der Waals surface area contributed by atoms with Crippen LogP contribution < -0.4 is 5.73 Å². The van der Waals surface area contributed by atoms with Gasteiger partial charge in [0.25, 0.3) is 0 Å². The second kappa shape index (κ2) is 4.68. The second-order valence-corrected chi connectivity index (χ2v) is 3.87. The van der Waals surface area contributed by atoms with E-state index in [-0.39, 0.29) is 18.0 Å². The highest BCUT2D eigenvalue weighted by atomic mass is 19.1. The molecule has 0 aliphatic carbocycles. The summed E-state index contributed by atoms with van der Waals surface area (Å²) in [6.45, 7) is 0.802. The molecule has 2 unspecified atom stereocenters. The maximum atomic E-state index is 13.3. The molecule has 1 aliphatic rings. The van der Waals surface area contributed by atoms with Crippen LogP contribution >= 0.6 is 0 Å². The van der Waals surface area contributed by atoms with E-state index in [9.17, 15) is 4.39 Å². The lowest BCUT2D eigenvalue weighted by Crippen LogP contribution is -2.19. The van der Waals surface area contributed by atoms with E-state index in [1.807, 2.05) is 0 Å². The van der Waals surface area contributed by atoms with Gasteiger partial charge in [0.1, 0.15) is 5.82 Å². The third-order valence-electron chi connectivity index (χ3n) is 2.74. The largest absolute Gasteiger partial charge is 0.378 e. The summed E-state index contributed by atoms with van der Waals surface area (Å²) in [5.74, 6) is -0.331. The van der Waals surface area contributed by atoms with Gasteiger partial charge in [-0.15, -0.1) is 0 Å². The van der Waals surface area contributed by atoms with Crippen LogP contribution in [0.1, 0.15) is 30.9 Å². The van der Waals surface area contributed by atoms with Crippen LogP contribution in [0, 0.1) is 5.82 Å². The van der Waals surface area contributed by atoms with Crippen molar-refractivity contribution in [3.05, 3.63) is 29.8 Å². The zero-order valence-corrected chi connectivity index (χ0v) is 8.53. The average molecular weight is 210 g/mol. The number of hydrogen-bond donors (Lipinski definition) is 1. The number of aromatic nitrogens is 1. The summed E-state index contributed by atoms with van der Waals surface area (Å²) in [5.41, 5.74) is 6.46. The van der Waals surface area contributed by atoms with Crippen LogP contribution in [0.25, 0.3) is 0 Å². The summed E-state index contributed by atoms with van der Waals surface area (Å²) >= 11 is 0. The molecule has 2 rings (SSSR count). The van der Waals surface area contributed by atoms with Crippen molar-refractivity contribution >= 4 is 0 Å². The molecule has 0 bridgehead atoms. The first-order valence-electron chi connectivity index (χ1n) is 5.24. The molecular formula is C11H15FN2O. The van der Waals surface area contributed by atoms with Gasteiger partial charge < -0.3 is 10.5 Å². The Bertz CT molecular complexity index is 326. The predicted molar refractivity (Wildman–Crippen MR) is 54.7 cm³/mol. The van der Waals surface area contributed by atoms with Crippen LogP contribution in [0.5, 0.6) is 0 Å². The average Bonchev–Trinajstić information content (AvgIpc) is 2.71. The van der Waals surface area contributed by atoms with Gasteiger partial charge in [0, 0.05) is 24.4 Å². The number of ether oxygens (including phenoxy) is 1. The van der Waals surface area contributed by atoms with E-state index in [4.69, 9.17) is 10.5 Å². The van der Waals surface area contributed by atoms with Crippen LogP contribution in [-0.2, 0) is 4.74 Å². The van der Waals surface area contributed by atoms with Gasteiger partial charge in [-0.05, 0) is 25.3 Å². The molecule has 1 fully saturated rings. The van der Waals surface area contributed by atoms with Crippen molar-refractivity contribution in [2.45, 2.75) is 31.4 Å². The molecule has 2 heterocycles. The van der Waals surface area contributed by atoms with Gasteiger partial charge in [-0.2, -0.15) is 0 Å². The molecule has 0 radical (unpaired) electrons. The monoisotopic (exact) mass is 210 g/mol. The van der Waals surface area contributed by atoms with Crippen molar-refractivity contribution in [2.24, 2.45) is 5.73 Å². The molecule has 0 aromatic carbocycles. The van der Waals surface area contributed by atoms with Gasteiger partial charge in [0.15, 0.2) is 0 Å². The summed E-state index contributed by atoms with van der Waals surface area (Å²) in [6, 6.07) is 1.34. The SMILES string of the molecule is NC(CC1CCCO1)c1ccncc1F. The zero-order valence-electron chi connectivity index (χ0n) is 8.53. The van der Waals surface area contributed by atoms with Crippen molar-refractivity contribution in [1.29, 1.82) is 0 Å². The Labute approximate surface area is 88.5 Å². The van der Waals surface area contributed by atoms with Crippen LogP contribution in [-0.4, -0.2) is 17.7 Å². The summed E-state index contributed by atoms with van der Waals surface area (Å²) in [5, 5.41) is 0. The lowest BCUT2D eigenvalue weighted by Gasteiger charge is -2.16. The molecule has 1 aromatic rings. The minimum atomic E-state index is -0.331. The molecule has 82 valence electrons. The van der Waals surface area contributed by atoms with Gasteiger partial charge in [-0.3, -0.25) is 4.98 Å². The lowest BCUT2D eigenvalue weighted by atomic mass is 10.0. The van der Waals surface area contributed by atoms with Crippen molar-refractivity contribution in [3.8, 4) is 0 Å². The molecule has 0 saturated carbocycles. The Morgan fingerprint density at radius 1 is 1.67 bits per heavy atom. The van der Waals surface area contributed by atoms with Gasteiger partial charge in [-0.1, -0.05) is 0 Å². The van der Waals surface area contributed by atoms with E-state index in [0.717, 1.165) is 19.4 Å². The van der Waals surface area contributed by atoms with E-state index < -0.39 is 0 Å². The van der Waals surface area contributed by atoms with E-state index in [0.29, 0.717) is 12.0 Å². The Morgan fingerprint density at radius 3 is 3.20 bits per heavy atom. The Hall–Kier alpha value is -1.00. The molecule has 2 atom stereocenters. The van der Waals surface area contributed by atoms with E-state index in [1.165, 1.54) is 6.20 Å². The normalized spacial score (nSPS) is 22.9. The zero-order chi connectivity index (χ0) is 10.7. The summed E-state index contributed by atoms with van der Waals surface area (Å²) < 4.78 is 18.8. The highest BCUT2D eigenvalue weighted by molar-refractivity contribution is 5.17. The fourth-order valence-electron chi connectivity index (χ4n) is 1.93. The highest BCUT2D eigenvalue weighted by Crippen LogP contribution is 2.24. The van der Waals surface area contributed by atoms with Crippen molar-refractivity contribution in [3.63, 3.8) is 0 Å². The molecule has 0 spiro atoms. The standard InChI is InChI=1S/C11H15FN2O/c12-10-7-14-4-3-9(10)11(13)6-8-2-1-5-15-8/h3-4,7-8,11H,1-2,5-6,13H2. The summed E-state index contributed by atoms with van der Waals surface area (Å²) in [6.07, 6.45) is 5.74. The fourth-order valence-corrected chi connectivity index (χ4v) is 1.93. The molecule has 1 saturated heterocycles. The number of nitrogens with two attached hydrogens (primary N) is 1. The van der Waals surface area contributed by atoms with Gasteiger partial charge in [0.2, 0.25) is 0 Å². The topological polar surface area (TPSA) is 48.1 Å². The first-order valence-corrected chi connectivity index (χ1v) is 5.24. The van der Waals surface area contributed by atoms with Crippen molar-refractivity contribution in [2.75, 3.05) is 6.61 Å². The Kier molecular flexibility index (Phi) is 3.28. The summed E-state index contributed by atoms with van der Waals surface area (Å²) in [7, 11) is 0. The third kappa shape index (κ3) is 2.52. The maximum absolute atomic E-state index is 13.3. The first-order chi connectivity index (χ1) is 7.27.